The third kappa shape index (κ3) is 5.67. The molecule has 2 fully saturated rings. The van der Waals surface area contributed by atoms with Crippen molar-refractivity contribution in [3.63, 3.8) is 0 Å². The summed E-state index contributed by atoms with van der Waals surface area (Å²) in [5, 5.41) is 9.02. The molecule has 0 radical (unpaired) electrons. The Morgan fingerprint density at radius 2 is 1.87 bits per heavy atom. The molecule has 202 valence electrons. The van der Waals surface area contributed by atoms with E-state index >= 15 is 0 Å². The number of nitrogens with two attached hydrogens (primary N) is 1. The van der Waals surface area contributed by atoms with Crippen LogP contribution in [0.25, 0.3) is 10.9 Å². The molecule has 1 aromatic heterocycles. The maximum atomic E-state index is 13.4. The molecule has 0 saturated heterocycles. The maximum absolute atomic E-state index is 13.4. The zero-order chi connectivity index (χ0) is 27.0. The lowest BCUT2D eigenvalue weighted by atomic mass is 9.84. The number of sulfonamides is 1. The van der Waals surface area contributed by atoms with Gasteiger partial charge in [0.1, 0.15) is 0 Å². The average Bonchev–Trinajstić information content (AvgIpc) is 3.52. The van der Waals surface area contributed by atoms with E-state index < -0.39 is 15.3 Å². The highest BCUT2D eigenvalue weighted by atomic mass is 32.2. The normalized spacial score (nSPS) is 22.4. The van der Waals surface area contributed by atoms with Crippen LogP contribution in [0.1, 0.15) is 45.1 Å². The first-order chi connectivity index (χ1) is 18.1. The fourth-order valence-corrected chi connectivity index (χ4v) is 7.55. The minimum Gasteiger partial charge on any atom is -0.352 e. The summed E-state index contributed by atoms with van der Waals surface area (Å²) >= 11 is 1.29. The summed E-state index contributed by atoms with van der Waals surface area (Å²) in [5.74, 6) is 2.05. The largest absolute Gasteiger partial charge is 0.352 e. The van der Waals surface area contributed by atoms with Crippen LogP contribution < -0.4 is 16.0 Å². The second-order valence-electron chi connectivity index (χ2n) is 10.7. The lowest BCUT2D eigenvalue weighted by molar-refractivity contribution is -0.121. The average molecular weight is 555 g/mol. The smallest absolute Gasteiger partial charge is 0.262 e. The highest BCUT2D eigenvalue weighted by Gasteiger charge is 2.42. The Morgan fingerprint density at radius 3 is 2.53 bits per heavy atom. The van der Waals surface area contributed by atoms with Gasteiger partial charge in [-0.2, -0.15) is 0 Å². The third-order valence-electron chi connectivity index (χ3n) is 8.16. The molecule has 38 heavy (non-hydrogen) atoms. The molecule has 1 amide bonds. The van der Waals surface area contributed by atoms with Crippen molar-refractivity contribution in [3.8, 4) is 0 Å². The van der Waals surface area contributed by atoms with Crippen LogP contribution in [0.3, 0.4) is 0 Å². The van der Waals surface area contributed by atoms with E-state index in [0.29, 0.717) is 34.9 Å². The quantitative estimate of drug-likeness (QED) is 0.307. The number of carbonyl (C=O) groups excluding carboxylic acids is 1. The second-order valence-corrected chi connectivity index (χ2v) is 13.6. The van der Waals surface area contributed by atoms with Gasteiger partial charge in [0.15, 0.2) is 5.16 Å². The van der Waals surface area contributed by atoms with Crippen molar-refractivity contribution in [1.82, 2.24) is 14.9 Å². The first-order valence-corrected chi connectivity index (χ1v) is 15.6. The Morgan fingerprint density at radius 1 is 1.13 bits per heavy atom. The molecule has 2 bridgehead atoms. The van der Waals surface area contributed by atoms with E-state index in [1.54, 1.807) is 28.8 Å². The number of fused-ring (bicyclic) bond motifs is 3. The van der Waals surface area contributed by atoms with Gasteiger partial charge >= 0.3 is 0 Å². The first kappa shape index (κ1) is 26.9. The van der Waals surface area contributed by atoms with E-state index in [-0.39, 0.29) is 22.4 Å². The van der Waals surface area contributed by atoms with Crippen LogP contribution in [0.2, 0.25) is 0 Å². The van der Waals surface area contributed by atoms with E-state index in [4.69, 9.17) is 10.1 Å². The molecule has 3 N–H and O–H groups in total. The molecule has 0 aliphatic heterocycles. The molecule has 3 aromatic rings. The number of nitrogens with one attached hydrogen (secondary N) is 1. The molecular weight excluding hydrogens is 520 g/mol. The van der Waals surface area contributed by atoms with Gasteiger partial charge < -0.3 is 5.32 Å². The van der Waals surface area contributed by atoms with Crippen molar-refractivity contribution in [2.45, 2.75) is 73.8 Å². The van der Waals surface area contributed by atoms with Gasteiger partial charge in [-0.25, -0.2) is 18.5 Å². The number of aromatic nitrogens is 2. The molecule has 2 aliphatic carbocycles. The van der Waals surface area contributed by atoms with Gasteiger partial charge in [-0.1, -0.05) is 42.4 Å². The van der Waals surface area contributed by atoms with Gasteiger partial charge in [0.2, 0.25) is 15.9 Å². The Kier molecular flexibility index (Phi) is 7.66. The van der Waals surface area contributed by atoms with E-state index in [1.165, 1.54) is 49.6 Å². The standard InChI is InChI=1S/C28H34N4O4S2/c1-17(24-16-20-7-10-21(24)15-20)30-26(33)18(2)37-28-31-25-6-4-3-5-23(25)27(34)32(28)14-13-19-8-11-22(12-9-19)38(29,35)36/h3-6,8-9,11-12,17-18,20-21,24H,7,10,13-16H2,1-2H3,(H,30,33)(H2,29,35,36)/t17-,18+,20+,21+,24+/m0/s1. The number of primary sulfonamides is 1. The van der Waals surface area contributed by atoms with Crippen LogP contribution in [0.5, 0.6) is 0 Å². The number of carbonyl (C=O) groups is 1. The Balaban J connectivity index is 1.33. The number of aryl methyl sites for hydroxylation is 1. The fourth-order valence-electron chi connectivity index (χ4n) is 6.09. The van der Waals surface area contributed by atoms with E-state index in [0.717, 1.165) is 17.4 Å². The molecule has 2 saturated carbocycles. The predicted molar refractivity (Wildman–Crippen MR) is 149 cm³/mol. The Bertz CT molecular complexity index is 1500. The van der Waals surface area contributed by atoms with Gasteiger partial charge in [-0.3, -0.25) is 14.2 Å². The van der Waals surface area contributed by atoms with Crippen LogP contribution in [-0.2, 0) is 27.8 Å². The maximum Gasteiger partial charge on any atom is 0.262 e. The van der Waals surface area contributed by atoms with Crippen LogP contribution in [0.15, 0.2) is 63.4 Å². The fraction of sp³-hybridized carbons (Fsp3) is 0.464. The highest BCUT2D eigenvalue weighted by molar-refractivity contribution is 8.00. The summed E-state index contributed by atoms with van der Waals surface area (Å²) in [6, 6.07) is 13.7. The zero-order valence-electron chi connectivity index (χ0n) is 21.7. The summed E-state index contributed by atoms with van der Waals surface area (Å²) in [6.07, 6.45) is 5.60. The lowest BCUT2D eigenvalue weighted by Crippen LogP contribution is -2.43. The number of amides is 1. The topological polar surface area (TPSA) is 124 Å². The summed E-state index contributed by atoms with van der Waals surface area (Å²) in [5.41, 5.74) is 1.29. The number of nitrogens with zero attached hydrogens (tertiary/aromatic N) is 2. The van der Waals surface area contributed by atoms with Gasteiger partial charge in [0, 0.05) is 12.6 Å². The minimum atomic E-state index is -3.77. The molecule has 1 heterocycles. The van der Waals surface area contributed by atoms with Gasteiger partial charge in [0.05, 0.1) is 21.0 Å². The number of hydrogen-bond acceptors (Lipinski definition) is 6. The van der Waals surface area contributed by atoms with Crippen molar-refractivity contribution >= 4 is 38.6 Å². The molecule has 8 nitrogen and oxygen atoms in total. The molecule has 2 aliphatic rings. The molecule has 0 spiro atoms. The first-order valence-electron chi connectivity index (χ1n) is 13.2. The van der Waals surface area contributed by atoms with Crippen molar-refractivity contribution < 1.29 is 13.2 Å². The van der Waals surface area contributed by atoms with Crippen LogP contribution in [-0.4, -0.2) is 35.2 Å². The number of para-hydroxylation sites is 1. The molecule has 10 heteroatoms. The monoisotopic (exact) mass is 554 g/mol. The lowest BCUT2D eigenvalue weighted by Gasteiger charge is -2.29. The summed E-state index contributed by atoms with van der Waals surface area (Å²) < 4.78 is 24.7. The van der Waals surface area contributed by atoms with Gasteiger partial charge in [0.25, 0.3) is 5.56 Å². The molecule has 5 rings (SSSR count). The van der Waals surface area contributed by atoms with E-state index in [2.05, 4.69) is 12.2 Å². The zero-order valence-corrected chi connectivity index (χ0v) is 23.3. The second kappa shape index (κ2) is 10.8. The van der Waals surface area contributed by atoms with Crippen LogP contribution in [0, 0.1) is 17.8 Å². The van der Waals surface area contributed by atoms with Gasteiger partial charge in [-0.15, -0.1) is 0 Å². The minimum absolute atomic E-state index is 0.0431. The van der Waals surface area contributed by atoms with E-state index in [9.17, 15) is 18.0 Å². The predicted octanol–water partition coefficient (Wildman–Crippen LogP) is 3.71. The molecular formula is C28H34N4O4S2. The Hall–Kier alpha value is -2.69. The van der Waals surface area contributed by atoms with Crippen LogP contribution >= 0.6 is 11.8 Å². The van der Waals surface area contributed by atoms with Crippen LogP contribution in [0.4, 0.5) is 0 Å². The summed E-state index contributed by atoms with van der Waals surface area (Å²) in [7, 11) is -3.77. The number of hydrogen-bond donors (Lipinski definition) is 2. The molecule has 0 unspecified atom stereocenters. The molecule has 5 atom stereocenters. The third-order valence-corrected chi connectivity index (χ3v) is 10.2. The summed E-state index contributed by atoms with van der Waals surface area (Å²) in [4.78, 5) is 31.4. The van der Waals surface area contributed by atoms with Crippen molar-refractivity contribution in [2.24, 2.45) is 22.9 Å². The summed E-state index contributed by atoms with van der Waals surface area (Å²) in [6.45, 7) is 4.31. The van der Waals surface area contributed by atoms with Crippen molar-refractivity contribution in [3.05, 3.63) is 64.4 Å². The Labute approximate surface area is 227 Å². The highest BCUT2D eigenvalue weighted by Crippen LogP contribution is 2.49. The van der Waals surface area contributed by atoms with Crippen molar-refractivity contribution in [1.29, 1.82) is 0 Å². The number of thioether (sulfide) groups is 1. The number of rotatable bonds is 9. The van der Waals surface area contributed by atoms with E-state index in [1.807, 2.05) is 19.1 Å². The molecule has 2 aromatic carbocycles. The number of benzene rings is 2. The SMILES string of the molecule is C[C@H](NC(=O)[C@@H](C)Sc1nc2ccccc2c(=O)n1CCc1ccc(S(N)(=O)=O)cc1)[C@H]1C[C@@H]2CC[C@@H]1C2. The van der Waals surface area contributed by atoms with Crippen molar-refractivity contribution in [2.75, 3.05) is 0 Å². The van der Waals surface area contributed by atoms with Gasteiger partial charge in [-0.05, 0) is 87.1 Å².